The Morgan fingerprint density at radius 1 is 0.409 bits per heavy atom. The molecule has 0 bridgehead atoms. The molecule has 0 saturated heterocycles. The van der Waals surface area contributed by atoms with Crippen LogP contribution in [0.15, 0.2) is 0 Å². The number of unbranched alkanes of at least 4 members (excludes halogenated alkanes) is 10. The van der Waals surface area contributed by atoms with Crippen molar-refractivity contribution in [2.75, 3.05) is 0 Å². The third-order valence-corrected chi connectivity index (χ3v) is 5.68. The molecule has 0 aliphatic heterocycles. The predicted molar refractivity (Wildman–Crippen MR) is 104 cm³/mol. The second kappa shape index (κ2) is 15.9. The molecule has 0 heteroatoms. The lowest BCUT2D eigenvalue weighted by atomic mass is 9.72. The van der Waals surface area contributed by atoms with Gasteiger partial charge < -0.3 is 0 Å². The van der Waals surface area contributed by atoms with Crippen LogP contribution in [0.5, 0.6) is 0 Å². The van der Waals surface area contributed by atoms with E-state index in [-0.39, 0.29) is 0 Å². The van der Waals surface area contributed by atoms with Crippen LogP contribution in [0, 0.1) is 5.41 Å². The Morgan fingerprint density at radius 3 is 1.14 bits per heavy atom. The summed E-state index contributed by atoms with van der Waals surface area (Å²) < 4.78 is 0. The maximum atomic E-state index is 2.46. The third kappa shape index (κ3) is 11.6. The predicted octanol–water partition coefficient (Wildman–Crippen LogP) is 8.68. The quantitative estimate of drug-likeness (QED) is 0.236. The van der Waals surface area contributed by atoms with Gasteiger partial charge in [-0.1, -0.05) is 118 Å². The van der Waals surface area contributed by atoms with E-state index in [1.165, 1.54) is 109 Å². The molecule has 22 heavy (non-hydrogen) atoms. The van der Waals surface area contributed by atoms with E-state index in [0.29, 0.717) is 5.41 Å². The van der Waals surface area contributed by atoms with Crippen LogP contribution in [0.2, 0.25) is 0 Å². The zero-order valence-corrected chi connectivity index (χ0v) is 16.5. The number of hydrogen-bond acceptors (Lipinski definition) is 0. The standard InChI is InChI=1S/C22H46/c1-5-9-12-13-14-15-18-21-22(8-4,19-16-10-6-2)20-17-11-7-3/h5-21H2,1-4H3. The molecule has 0 heterocycles. The van der Waals surface area contributed by atoms with E-state index in [0.717, 1.165) is 0 Å². The average molecular weight is 311 g/mol. The molecule has 0 aliphatic carbocycles. The summed E-state index contributed by atoms with van der Waals surface area (Å²) in [6, 6.07) is 0. The first-order valence-electron chi connectivity index (χ1n) is 10.7. The Labute approximate surface area is 142 Å². The smallest absolute Gasteiger partial charge is 0.0300 e. The van der Waals surface area contributed by atoms with Crippen LogP contribution in [0.25, 0.3) is 0 Å². The maximum Gasteiger partial charge on any atom is -0.0300 e. The van der Waals surface area contributed by atoms with E-state index >= 15 is 0 Å². The zero-order valence-electron chi connectivity index (χ0n) is 16.5. The van der Waals surface area contributed by atoms with Crippen molar-refractivity contribution < 1.29 is 0 Å². The second-order valence-corrected chi connectivity index (χ2v) is 7.64. The Morgan fingerprint density at radius 2 is 0.727 bits per heavy atom. The summed E-state index contributed by atoms with van der Waals surface area (Å²) in [5, 5.41) is 0. The van der Waals surface area contributed by atoms with Crippen molar-refractivity contribution in [2.45, 2.75) is 137 Å². The van der Waals surface area contributed by atoms with E-state index in [1.54, 1.807) is 0 Å². The minimum atomic E-state index is 0.688. The minimum absolute atomic E-state index is 0.688. The fourth-order valence-corrected chi connectivity index (χ4v) is 3.86. The first kappa shape index (κ1) is 22.0. The molecule has 0 rings (SSSR count). The molecule has 0 aromatic carbocycles. The molecule has 0 atom stereocenters. The molecule has 134 valence electrons. The molecule has 0 saturated carbocycles. The first-order chi connectivity index (χ1) is 10.7. The van der Waals surface area contributed by atoms with Gasteiger partial charge in [0.15, 0.2) is 0 Å². The van der Waals surface area contributed by atoms with Gasteiger partial charge in [-0.15, -0.1) is 0 Å². The van der Waals surface area contributed by atoms with Crippen molar-refractivity contribution in [3.8, 4) is 0 Å². The molecular formula is C22H46. The summed E-state index contributed by atoms with van der Waals surface area (Å²) in [4.78, 5) is 0. The van der Waals surface area contributed by atoms with E-state index in [9.17, 15) is 0 Å². The van der Waals surface area contributed by atoms with Gasteiger partial charge in [-0.25, -0.2) is 0 Å². The summed E-state index contributed by atoms with van der Waals surface area (Å²) in [7, 11) is 0. The van der Waals surface area contributed by atoms with Gasteiger partial charge in [-0.05, 0) is 24.7 Å². The Hall–Kier alpha value is 0. The average Bonchev–Trinajstić information content (AvgIpc) is 2.54. The molecule has 0 aliphatic rings. The van der Waals surface area contributed by atoms with Gasteiger partial charge in [0.1, 0.15) is 0 Å². The van der Waals surface area contributed by atoms with Gasteiger partial charge in [0.05, 0.1) is 0 Å². The maximum absolute atomic E-state index is 2.46. The highest BCUT2D eigenvalue weighted by atomic mass is 14.3. The van der Waals surface area contributed by atoms with E-state index in [2.05, 4.69) is 27.7 Å². The molecule has 0 radical (unpaired) electrons. The van der Waals surface area contributed by atoms with Crippen LogP contribution in [-0.4, -0.2) is 0 Å². The SMILES string of the molecule is CCCCCCCCCC(CC)(CCCCC)CCCCC. The highest BCUT2D eigenvalue weighted by Crippen LogP contribution is 2.40. The van der Waals surface area contributed by atoms with Crippen molar-refractivity contribution in [1.82, 2.24) is 0 Å². The van der Waals surface area contributed by atoms with Gasteiger partial charge in [0.25, 0.3) is 0 Å². The first-order valence-corrected chi connectivity index (χ1v) is 10.7. The van der Waals surface area contributed by atoms with Crippen LogP contribution in [0.4, 0.5) is 0 Å². The van der Waals surface area contributed by atoms with Crippen LogP contribution < -0.4 is 0 Å². The lowest BCUT2D eigenvalue weighted by Crippen LogP contribution is -2.20. The highest BCUT2D eigenvalue weighted by Gasteiger charge is 2.26. The molecule has 0 unspecified atom stereocenters. The summed E-state index contributed by atoms with van der Waals surface area (Å²) >= 11 is 0. The van der Waals surface area contributed by atoms with Gasteiger partial charge in [0, 0.05) is 0 Å². The Balaban J connectivity index is 4.07. The monoisotopic (exact) mass is 310 g/mol. The van der Waals surface area contributed by atoms with Crippen molar-refractivity contribution in [2.24, 2.45) is 5.41 Å². The number of rotatable bonds is 17. The molecule has 0 fully saturated rings. The van der Waals surface area contributed by atoms with Gasteiger partial charge in [0.2, 0.25) is 0 Å². The van der Waals surface area contributed by atoms with Crippen molar-refractivity contribution in [3.05, 3.63) is 0 Å². The fraction of sp³-hybridized carbons (Fsp3) is 1.00. The fourth-order valence-electron chi connectivity index (χ4n) is 3.86. The summed E-state index contributed by atoms with van der Waals surface area (Å²) in [5.41, 5.74) is 0.688. The lowest BCUT2D eigenvalue weighted by molar-refractivity contribution is 0.187. The molecule has 0 aromatic heterocycles. The summed E-state index contributed by atoms with van der Waals surface area (Å²) in [5.74, 6) is 0. The summed E-state index contributed by atoms with van der Waals surface area (Å²) in [6.45, 7) is 9.43. The zero-order chi connectivity index (χ0) is 16.5. The summed E-state index contributed by atoms with van der Waals surface area (Å²) in [6.07, 6.45) is 24.6. The van der Waals surface area contributed by atoms with Crippen molar-refractivity contribution in [3.63, 3.8) is 0 Å². The van der Waals surface area contributed by atoms with Crippen molar-refractivity contribution in [1.29, 1.82) is 0 Å². The Bertz CT molecular complexity index is 196. The van der Waals surface area contributed by atoms with Crippen LogP contribution in [0.3, 0.4) is 0 Å². The van der Waals surface area contributed by atoms with Crippen LogP contribution >= 0.6 is 0 Å². The van der Waals surface area contributed by atoms with Gasteiger partial charge in [-0.2, -0.15) is 0 Å². The van der Waals surface area contributed by atoms with E-state index in [4.69, 9.17) is 0 Å². The molecule has 0 spiro atoms. The van der Waals surface area contributed by atoms with Gasteiger partial charge >= 0.3 is 0 Å². The molecule has 0 aromatic rings. The minimum Gasteiger partial charge on any atom is -0.0654 e. The van der Waals surface area contributed by atoms with Crippen LogP contribution in [0.1, 0.15) is 137 Å². The lowest BCUT2D eigenvalue weighted by Gasteiger charge is -2.33. The topological polar surface area (TPSA) is 0 Å². The molecule has 0 nitrogen and oxygen atoms in total. The highest BCUT2D eigenvalue weighted by molar-refractivity contribution is 4.78. The van der Waals surface area contributed by atoms with E-state index in [1.807, 2.05) is 0 Å². The Kier molecular flexibility index (Phi) is 15.9. The molecule has 0 N–H and O–H groups in total. The van der Waals surface area contributed by atoms with Crippen molar-refractivity contribution >= 4 is 0 Å². The third-order valence-electron chi connectivity index (χ3n) is 5.68. The van der Waals surface area contributed by atoms with Gasteiger partial charge in [-0.3, -0.25) is 0 Å². The van der Waals surface area contributed by atoms with E-state index < -0.39 is 0 Å². The molecular weight excluding hydrogens is 264 g/mol. The largest absolute Gasteiger partial charge is 0.0654 e. The normalized spacial score (nSPS) is 12.0. The van der Waals surface area contributed by atoms with Crippen LogP contribution in [-0.2, 0) is 0 Å². The molecule has 0 amide bonds. The number of hydrogen-bond donors (Lipinski definition) is 0. The second-order valence-electron chi connectivity index (χ2n) is 7.64.